The molecule has 0 spiro atoms. The number of anilines is 1. The molecule has 0 bridgehead atoms. The van der Waals surface area contributed by atoms with Crippen LogP contribution in [0, 0.1) is 0 Å². The number of aromatic nitrogens is 2. The van der Waals surface area contributed by atoms with Crippen LogP contribution in [0.3, 0.4) is 0 Å². The lowest BCUT2D eigenvalue weighted by Gasteiger charge is -2.09. The Labute approximate surface area is 119 Å². The van der Waals surface area contributed by atoms with Crippen molar-refractivity contribution in [3.63, 3.8) is 0 Å². The summed E-state index contributed by atoms with van der Waals surface area (Å²) in [6.07, 6.45) is 1.38. The number of carbonyl (C=O) groups is 1. The lowest BCUT2D eigenvalue weighted by atomic mass is 10.2. The van der Waals surface area contributed by atoms with Crippen molar-refractivity contribution in [3.05, 3.63) is 36.0 Å². The van der Waals surface area contributed by atoms with Crippen LogP contribution in [0.25, 0.3) is 0 Å². The number of rotatable bonds is 6. The Morgan fingerprint density at radius 3 is 2.81 bits per heavy atom. The number of nitrogens with two attached hydrogens (primary N) is 1. The van der Waals surface area contributed by atoms with Crippen LogP contribution >= 0.6 is 0 Å². The fraction of sp³-hybridized carbons (Fsp3) is 0.182. The van der Waals surface area contributed by atoms with E-state index in [1.807, 2.05) is 0 Å². The van der Waals surface area contributed by atoms with Crippen LogP contribution in [0.2, 0.25) is 0 Å². The average molecular weight is 312 g/mol. The summed E-state index contributed by atoms with van der Waals surface area (Å²) in [7, 11) is -4.01. The van der Waals surface area contributed by atoms with E-state index in [1.54, 1.807) is 0 Å². The largest absolute Gasteiger partial charge is 0.478 e. The second-order valence-corrected chi connectivity index (χ2v) is 5.78. The Kier molecular flexibility index (Phi) is 4.19. The van der Waals surface area contributed by atoms with E-state index in [0.717, 1.165) is 12.1 Å². The number of nitrogens with zero attached hydrogens (tertiary/aromatic N) is 2. The molecule has 0 amide bonds. The highest BCUT2D eigenvalue weighted by atomic mass is 32.2. The second-order valence-electron chi connectivity index (χ2n) is 4.04. The fourth-order valence-electron chi connectivity index (χ4n) is 1.61. The van der Waals surface area contributed by atoms with Crippen molar-refractivity contribution < 1.29 is 22.8 Å². The van der Waals surface area contributed by atoms with Crippen LogP contribution in [0.5, 0.6) is 0 Å². The lowest BCUT2D eigenvalue weighted by molar-refractivity contribution is 0.0692. The molecule has 0 aliphatic heterocycles. The molecule has 2 rings (SSSR count). The first-order valence-electron chi connectivity index (χ1n) is 5.78. The lowest BCUT2D eigenvalue weighted by Crippen LogP contribution is -2.27. The maximum atomic E-state index is 12.1. The van der Waals surface area contributed by atoms with Crippen molar-refractivity contribution in [1.82, 2.24) is 14.9 Å². The molecule has 1 heterocycles. The van der Waals surface area contributed by atoms with Gasteiger partial charge in [0.25, 0.3) is 0 Å². The van der Waals surface area contributed by atoms with Gasteiger partial charge < -0.3 is 15.4 Å². The van der Waals surface area contributed by atoms with E-state index in [4.69, 9.17) is 15.4 Å². The monoisotopic (exact) mass is 312 g/mol. The van der Waals surface area contributed by atoms with Gasteiger partial charge in [-0.05, 0) is 18.2 Å². The molecule has 0 unspecified atom stereocenters. The van der Waals surface area contributed by atoms with Crippen LogP contribution in [-0.2, 0) is 16.4 Å². The van der Waals surface area contributed by atoms with Crippen molar-refractivity contribution in [1.29, 1.82) is 0 Å². The number of aromatic carboxylic acids is 1. The van der Waals surface area contributed by atoms with E-state index >= 15 is 0 Å². The normalized spacial score (nSPS) is 11.4. The van der Waals surface area contributed by atoms with Crippen LogP contribution in [0.15, 0.2) is 33.9 Å². The fourth-order valence-corrected chi connectivity index (χ4v) is 2.88. The molecule has 0 radical (unpaired) electrons. The van der Waals surface area contributed by atoms with E-state index in [2.05, 4.69) is 14.9 Å². The number of nitrogen functional groups attached to an aromatic ring is 1. The van der Waals surface area contributed by atoms with Gasteiger partial charge >= 0.3 is 5.97 Å². The van der Waals surface area contributed by atoms with Gasteiger partial charge in [-0.3, -0.25) is 0 Å². The van der Waals surface area contributed by atoms with Crippen molar-refractivity contribution in [3.8, 4) is 0 Å². The molecule has 0 saturated carbocycles. The predicted octanol–water partition coefficient (Wildman–Crippen LogP) is -0.129. The zero-order valence-electron chi connectivity index (χ0n) is 10.7. The first-order valence-corrected chi connectivity index (χ1v) is 7.26. The molecule has 9 nitrogen and oxygen atoms in total. The molecule has 4 N–H and O–H groups in total. The van der Waals surface area contributed by atoms with E-state index in [-0.39, 0.29) is 35.0 Å². The van der Waals surface area contributed by atoms with E-state index in [9.17, 15) is 13.2 Å². The number of carboxylic acid groups (broad SMARTS) is 1. The zero-order valence-corrected chi connectivity index (χ0v) is 11.5. The SMILES string of the molecule is Nc1ccc(C(=O)O)c(S(=O)(=O)NCCc2ncno2)c1. The highest BCUT2D eigenvalue weighted by molar-refractivity contribution is 7.89. The van der Waals surface area contributed by atoms with Gasteiger partial charge in [0.2, 0.25) is 15.9 Å². The van der Waals surface area contributed by atoms with Crippen molar-refractivity contribution in [2.75, 3.05) is 12.3 Å². The van der Waals surface area contributed by atoms with E-state index in [1.165, 1.54) is 12.4 Å². The maximum absolute atomic E-state index is 12.1. The smallest absolute Gasteiger partial charge is 0.337 e. The summed E-state index contributed by atoms with van der Waals surface area (Å²) >= 11 is 0. The minimum absolute atomic E-state index is 0.0155. The minimum atomic E-state index is -4.01. The van der Waals surface area contributed by atoms with Gasteiger partial charge in [-0.25, -0.2) is 17.9 Å². The number of hydrogen-bond donors (Lipinski definition) is 3. The summed E-state index contributed by atoms with van der Waals surface area (Å²) in [5, 5.41) is 12.4. The summed E-state index contributed by atoms with van der Waals surface area (Å²) in [5.74, 6) is -1.09. The average Bonchev–Trinajstić information content (AvgIpc) is 2.91. The topological polar surface area (TPSA) is 148 Å². The van der Waals surface area contributed by atoms with E-state index in [0.29, 0.717) is 0 Å². The third kappa shape index (κ3) is 3.55. The summed E-state index contributed by atoms with van der Waals surface area (Å²) < 4.78 is 31.3. The minimum Gasteiger partial charge on any atom is -0.478 e. The van der Waals surface area contributed by atoms with Crippen LogP contribution < -0.4 is 10.5 Å². The third-order valence-corrected chi connectivity index (χ3v) is 4.06. The van der Waals surface area contributed by atoms with Crippen molar-refractivity contribution in [2.24, 2.45) is 0 Å². The number of nitrogens with one attached hydrogen (secondary N) is 1. The number of hydrogen-bond acceptors (Lipinski definition) is 7. The molecular formula is C11H12N4O5S. The summed E-state index contributed by atoms with van der Waals surface area (Å²) in [4.78, 5) is 14.4. The molecule has 0 aliphatic rings. The van der Waals surface area contributed by atoms with Crippen LogP contribution in [0.4, 0.5) is 5.69 Å². The molecule has 112 valence electrons. The Morgan fingerprint density at radius 1 is 1.43 bits per heavy atom. The molecule has 0 saturated heterocycles. The van der Waals surface area contributed by atoms with Gasteiger partial charge in [0.15, 0.2) is 6.33 Å². The van der Waals surface area contributed by atoms with Gasteiger partial charge in [0.1, 0.15) is 0 Å². The molecule has 10 heteroatoms. The highest BCUT2D eigenvalue weighted by Crippen LogP contribution is 2.19. The Morgan fingerprint density at radius 2 is 2.19 bits per heavy atom. The standard InChI is InChI=1S/C11H12N4O5S/c12-7-1-2-8(11(16)17)9(5-7)21(18,19)15-4-3-10-13-6-14-20-10/h1-2,5-6,15H,3-4,12H2,(H,16,17). The molecule has 2 aromatic rings. The highest BCUT2D eigenvalue weighted by Gasteiger charge is 2.22. The molecular weight excluding hydrogens is 300 g/mol. The van der Waals surface area contributed by atoms with Gasteiger partial charge in [-0.15, -0.1) is 0 Å². The van der Waals surface area contributed by atoms with Crippen molar-refractivity contribution >= 4 is 21.7 Å². The van der Waals surface area contributed by atoms with Gasteiger partial charge in [-0.1, -0.05) is 5.16 Å². The summed E-state index contributed by atoms with van der Waals surface area (Å²) in [6, 6.07) is 3.56. The molecule has 21 heavy (non-hydrogen) atoms. The first kappa shape index (κ1) is 14.9. The Hall–Kier alpha value is -2.46. The van der Waals surface area contributed by atoms with Gasteiger partial charge in [0, 0.05) is 18.7 Å². The summed E-state index contributed by atoms with van der Waals surface area (Å²) in [5.41, 5.74) is 5.31. The number of benzene rings is 1. The zero-order chi connectivity index (χ0) is 15.5. The molecule has 0 aliphatic carbocycles. The number of sulfonamides is 1. The second kappa shape index (κ2) is 5.89. The predicted molar refractivity (Wildman–Crippen MR) is 71.0 cm³/mol. The number of carboxylic acids is 1. The molecule has 1 aromatic carbocycles. The van der Waals surface area contributed by atoms with E-state index < -0.39 is 16.0 Å². The first-order chi connectivity index (χ1) is 9.90. The summed E-state index contributed by atoms with van der Waals surface area (Å²) in [6.45, 7) is -0.0155. The maximum Gasteiger partial charge on any atom is 0.337 e. The molecule has 0 atom stereocenters. The Bertz CT molecular complexity index is 742. The Balaban J connectivity index is 2.19. The van der Waals surface area contributed by atoms with Crippen molar-refractivity contribution in [2.45, 2.75) is 11.3 Å². The molecule has 0 fully saturated rings. The quantitative estimate of drug-likeness (QED) is 0.624. The molecule has 1 aromatic heterocycles. The van der Waals surface area contributed by atoms with Crippen LogP contribution in [0.1, 0.15) is 16.2 Å². The van der Waals surface area contributed by atoms with Gasteiger partial charge in [-0.2, -0.15) is 4.98 Å². The van der Waals surface area contributed by atoms with Crippen LogP contribution in [-0.4, -0.2) is 36.2 Å². The van der Waals surface area contributed by atoms with Gasteiger partial charge in [0.05, 0.1) is 10.5 Å². The third-order valence-electron chi connectivity index (χ3n) is 2.56.